The van der Waals surface area contributed by atoms with E-state index in [4.69, 9.17) is 5.73 Å². The third kappa shape index (κ3) is 2.52. The molecule has 1 aromatic rings. The zero-order valence-corrected chi connectivity index (χ0v) is 13.0. The SMILES string of the molecule is CC1C(=O)NCCN1S(=O)(=O)c1cc(N)c(F)cc1Br. The third-order valence-electron chi connectivity index (χ3n) is 3.08. The molecule has 2 rings (SSSR count). The summed E-state index contributed by atoms with van der Waals surface area (Å²) in [5, 5.41) is 2.58. The number of sulfonamides is 1. The first-order valence-corrected chi connectivity index (χ1v) is 8.02. The van der Waals surface area contributed by atoms with Gasteiger partial charge < -0.3 is 11.1 Å². The van der Waals surface area contributed by atoms with Gasteiger partial charge in [0.2, 0.25) is 15.9 Å². The Morgan fingerprint density at radius 1 is 1.50 bits per heavy atom. The monoisotopic (exact) mass is 365 g/mol. The van der Waals surface area contributed by atoms with Crippen molar-refractivity contribution in [3.63, 3.8) is 0 Å². The van der Waals surface area contributed by atoms with Crippen LogP contribution in [0.1, 0.15) is 6.92 Å². The van der Waals surface area contributed by atoms with Crippen molar-refractivity contribution in [2.24, 2.45) is 0 Å². The molecular weight excluding hydrogens is 353 g/mol. The van der Waals surface area contributed by atoms with Crippen LogP contribution in [0.4, 0.5) is 10.1 Å². The maximum absolute atomic E-state index is 13.3. The van der Waals surface area contributed by atoms with E-state index in [2.05, 4.69) is 21.2 Å². The predicted molar refractivity (Wildman–Crippen MR) is 74.9 cm³/mol. The molecule has 1 heterocycles. The number of nitrogens with zero attached hydrogens (tertiary/aromatic N) is 1. The summed E-state index contributed by atoms with van der Waals surface area (Å²) < 4.78 is 39.6. The van der Waals surface area contributed by atoms with E-state index in [0.717, 1.165) is 16.4 Å². The van der Waals surface area contributed by atoms with Crippen molar-refractivity contribution >= 4 is 37.5 Å². The minimum absolute atomic E-state index is 0.0716. The summed E-state index contributed by atoms with van der Waals surface area (Å²) >= 11 is 3.02. The van der Waals surface area contributed by atoms with Gasteiger partial charge in [0.25, 0.3) is 0 Å². The molecule has 110 valence electrons. The van der Waals surface area contributed by atoms with E-state index >= 15 is 0 Å². The molecule has 0 saturated carbocycles. The van der Waals surface area contributed by atoms with Gasteiger partial charge in [-0.05, 0) is 35.0 Å². The van der Waals surface area contributed by atoms with Crippen LogP contribution in [0.15, 0.2) is 21.5 Å². The number of hydrogen-bond donors (Lipinski definition) is 2. The zero-order valence-electron chi connectivity index (χ0n) is 10.6. The van der Waals surface area contributed by atoms with Gasteiger partial charge in [0.15, 0.2) is 0 Å². The molecule has 0 aromatic heterocycles. The van der Waals surface area contributed by atoms with Gasteiger partial charge in [-0.25, -0.2) is 12.8 Å². The van der Waals surface area contributed by atoms with Crippen LogP contribution in [0.3, 0.4) is 0 Å². The molecule has 20 heavy (non-hydrogen) atoms. The molecule has 1 unspecified atom stereocenters. The average Bonchev–Trinajstić information content (AvgIpc) is 2.36. The van der Waals surface area contributed by atoms with E-state index < -0.39 is 21.9 Å². The highest BCUT2D eigenvalue weighted by Crippen LogP contribution is 2.30. The van der Waals surface area contributed by atoms with Crippen LogP contribution < -0.4 is 11.1 Å². The van der Waals surface area contributed by atoms with Crippen LogP contribution in [0.25, 0.3) is 0 Å². The van der Waals surface area contributed by atoms with Crippen molar-refractivity contribution in [3.8, 4) is 0 Å². The van der Waals surface area contributed by atoms with Crippen molar-refractivity contribution in [1.82, 2.24) is 9.62 Å². The predicted octanol–water partition coefficient (Wildman–Crippen LogP) is 0.679. The minimum Gasteiger partial charge on any atom is -0.396 e. The lowest BCUT2D eigenvalue weighted by atomic mass is 10.2. The molecule has 0 bridgehead atoms. The number of benzene rings is 1. The van der Waals surface area contributed by atoms with Crippen LogP contribution in [0.2, 0.25) is 0 Å². The summed E-state index contributed by atoms with van der Waals surface area (Å²) in [7, 11) is -3.94. The molecule has 0 aliphatic carbocycles. The number of rotatable bonds is 2. The number of nitrogens with one attached hydrogen (secondary N) is 1. The van der Waals surface area contributed by atoms with Crippen molar-refractivity contribution in [2.45, 2.75) is 17.9 Å². The Labute approximate surface area is 124 Å². The van der Waals surface area contributed by atoms with E-state index in [0.29, 0.717) is 0 Å². The van der Waals surface area contributed by atoms with E-state index in [-0.39, 0.29) is 34.1 Å². The number of carbonyl (C=O) groups excluding carboxylic acids is 1. The van der Waals surface area contributed by atoms with Gasteiger partial charge >= 0.3 is 0 Å². The lowest BCUT2D eigenvalue weighted by molar-refractivity contribution is -0.126. The normalized spacial score (nSPS) is 20.8. The summed E-state index contributed by atoms with van der Waals surface area (Å²) in [5.41, 5.74) is 5.16. The Kier molecular flexibility index (Phi) is 4.03. The largest absolute Gasteiger partial charge is 0.396 e. The van der Waals surface area contributed by atoms with Crippen molar-refractivity contribution in [2.75, 3.05) is 18.8 Å². The van der Waals surface area contributed by atoms with Gasteiger partial charge in [-0.3, -0.25) is 4.79 Å². The quantitative estimate of drug-likeness (QED) is 0.753. The van der Waals surface area contributed by atoms with Gasteiger partial charge in [-0.2, -0.15) is 4.31 Å². The minimum atomic E-state index is -3.94. The van der Waals surface area contributed by atoms with Gasteiger partial charge in [0, 0.05) is 17.6 Å². The summed E-state index contributed by atoms with van der Waals surface area (Å²) in [6, 6.07) is 1.22. The molecule has 1 aromatic carbocycles. The first-order chi connectivity index (χ1) is 9.25. The second kappa shape index (κ2) is 5.30. The molecule has 1 amide bonds. The molecule has 6 nitrogen and oxygen atoms in total. The van der Waals surface area contributed by atoms with Gasteiger partial charge in [0.1, 0.15) is 11.9 Å². The second-order valence-corrected chi connectivity index (χ2v) is 7.10. The molecular formula is C11H13BrFN3O3S. The Hall–Kier alpha value is -1.19. The highest BCUT2D eigenvalue weighted by molar-refractivity contribution is 9.10. The molecule has 9 heteroatoms. The molecule has 1 fully saturated rings. The maximum atomic E-state index is 13.3. The van der Waals surface area contributed by atoms with E-state index in [9.17, 15) is 17.6 Å². The lowest BCUT2D eigenvalue weighted by Crippen LogP contribution is -2.55. The van der Waals surface area contributed by atoms with Gasteiger partial charge in [0.05, 0.1) is 10.6 Å². The number of halogens is 2. The lowest BCUT2D eigenvalue weighted by Gasteiger charge is -2.32. The van der Waals surface area contributed by atoms with Gasteiger partial charge in [-0.15, -0.1) is 0 Å². The number of carbonyl (C=O) groups is 1. The number of amides is 1. The van der Waals surface area contributed by atoms with Crippen LogP contribution in [0, 0.1) is 5.82 Å². The van der Waals surface area contributed by atoms with Crippen LogP contribution >= 0.6 is 15.9 Å². The first kappa shape index (κ1) is 15.2. The van der Waals surface area contributed by atoms with Crippen LogP contribution in [0.5, 0.6) is 0 Å². The first-order valence-electron chi connectivity index (χ1n) is 5.79. The van der Waals surface area contributed by atoms with Crippen molar-refractivity contribution < 1.29 is 17.6 Å². The number of hydrogen-bond acceptors (Lipinski definition) is 4. The Balaban J connectivity index is 2.50. The fourth-order valence-corrected chi connectivity index (χ4v) is 4.57. The van der Waals surface area contributed by atoms with Crippen molar-refractivity contribution in [3.05, 3.63) is 22.4 Å². The highest BCUT2D eigenvalue weighted by Gasteiger charge is 2.36. The molecule has 1 aliphatic rings. The molecule has 1 atom stereocenters. The van der Waals surface area contributed by atoms with Crippen molar-refractivity contribution in [1.29, 1.82) is 0 Å². The number of nitrogens with two attached hydrogens (primary N) is 1. The molecule has 3 N–H and O–H groups in total. The third-order valence-corrected chi connectivity index (χ3v) is 6.01. The standard InChI is InChI=1S/C11H13BrFN3O3S/c1-6-11(17)15-2-3-16(6)20(18,19)10-5-9(14)8(13)4-7(10)12/h4-6H,2-3,14H2,1H3,(H,15,17). The average molecular weight is 366 g/mol. The number of anilines is 1. The Morgan fingerprint density at radius 2 is 2.15 bits per heavy atom. The number of nitrogen functional groups attached to an aromatic ring is 1. The summed E-state index contributed by atoms with van der Waals surface area (Å²) in [4.78, 5) is 11.4. The maximum Gasteiger partial charge on any atom is 0.245 e. The molecule has 1 aliphatic heterocycles. The summed E-state index contributed by atoms with van der Waals surface area (Å²) in [6.07, 6.45) is 0. The Bertz CT molecular complexity index is 665. The zero-order chi connectivity index (χ0) is 15.1. The number of piperazine rings is 1. The molecule has 1 saturated heterocycles. The van der Waals surface area contributed by atoms with Crippen LogP contribution in [-0.2, 0) is 14.8 Å². The highest BCUT2D eigenvalue weighted by atomic mass is 79.9. The van der Waals surface area contributed by atoms with E-state index in [1.807, 2.05) is 0 Å². The van der Waals surface area contributed by atoms with E-state index in [1.165, 1.54) is 6.92 Å². The Morgan fingerprint density at radius 3 is 2.80 bits per heavy atom. The smallest absolute Gasteiger partial charge is 0.245 e. The summed E-state index contributed by atoms with van der Waals surface area (Å²) in [6.45, 7) is 1.88. The molecule has 0 radical (unpaired) electrons. The fraction of sp³-hybridized carbons (Fsp3) is 0.364. The fourth-order valence-electron chi connectivity index (χ4n) is 1.96. The van der Waals surface area contributed by atoms with E-state index in [1.54, 1.807) is 0 Å². The second-order valence-electron chi connectivity index (χ2n) is 4.39. The van der Waals surface area contributed by atoms with Crippen LogP contribution in [-0.4, -0.2) is 37.8 Å². The van der Waals surface area contributed by atoms with Gasteiger partial charge in [-0.1, -0.05) is 0 Å². The topological polar surface area (TPSA) is 92.5 Å². The molecule has 0 spiro atoms. The summed E-state index contributed by atoms with van der Waals surface area (Å²) in [5.74, 6) is -1.08.